The number of piperazine rings is 1. The Morgan fingerprint density at radius 1 is 1.39 bits per heavy atom. The Morgan fingerprint density at radius 2 is 2.06 bits per heavy atom. The van der Waals surface area contributed by atoms with Crippen molar-refractivity contribution in [3.8, 4) is 0 Å². The maximum Gasteiger partial charge on any atom is 0.124 e. The van der Waals surface area contributed by atoms with Gasteiger partial charge in [0.2, 0.25) is 0 Å². The molecule has 0 unspecified atom stereocenters. The Balaban J connectivity index is 0.00000162. The van der Waals surface area contributed by atoms with Gasteiger partial charge < -0.3 is 5.32 Å². The molecule has 1 atom stereocenters. The molecule has 0 bridgehead atoms. The summed E-state index contributed by atoms with van der Waals surface area (Å²) in [6.07, 6.45) is 0.991. The van der Waals surface area contributed by atoms with E-state index in [0.29, 0.717) is 11.1 Å². The summed E-state index contributed by atoms with van der Waals surface area (Å²) in [5.41, 5.74) is 1.04. The highest BCUT2D eigenvalue weighted by atomic mass is 35.5. The second-order valence-corrected chi connectivity index (χ2v) is 4.78. The van der Waals surface area contributed by atoms with Crippen molar-refractivity contribution in [1.29, 1.82) is 0 Å². The minimum absolute atomic E-state index is 0. The fourth-order valence-corrected chi connectivity index (χ4v) is 2.73. The molecule has 0 aromatic heterocycles. The molecule has 1 heterocycles. The molecule has 2 rings (SSSR count). The van der Waals surface area contributed by atoms with Crippen molar-refractivity contribution in [3.63, 3.8) is 0 Å². The number of hydrogen-bond acceptors (Lipinski definition) is 2. The lowest BCUT2D eigenvalue weighted by molar-refractivity contribution is 0.169. The van der Waals surface area contributed by atoms with Gasteiger partial charge >= 0.3 is 0 Å². The highest BCUT2D eigenvalue weighted by Gasteiger charge is 2.22. The van der Waals surface area contributed by atoms with Crippen molar-refractivity contribution >= 4 is 24.0 Å². The van der Waals surface area contributed by atoms with E-state index < -0.39 is 0 Å². The van der Waals surface area contributed by atoms with Crippen molar-refractivity contribution in [1.82, 2.24) is 10.2 Å². The zero-order valence-electron chi connectivity index (χ0n) is 10.5. The van der Waals surface area contributed by atoms with E-state index in [2.05, 4.69) is 17.1 Å². The molecule has 1 fully saturated rings. The third-order valence-corrected chi connectivity index (χ3v) is 3.63. The van der Waals surface area contributed by atoms with Crippen LogP contribution in [-0.2, 0) is 0 Å². The second kappa shape index (κ2) is 7.29. The summed E-state index contributed by atoms with van der Waals surface area (Å²) in [6.45, 7) is 6.20. The predicted molar refractivity (Wildman–Crippen MR) is 76.1 cm³/mol. The lowest BCUT2D eigenvalue weighted by Crippen LogP contribution is -2.45. The number of rotatable bonds is 3. The van der Waals surface area contributed by atoms with E-state index in [9.17, 15) is 4.39 Å². The zero-order chi connectivity index (χ0) is 12.3. The molecule has 0 amide bonds. The molecule has 1 aliphatic rings. The molecular weight excluding hydrogens is 274 g/mol. The van der Waals surface area contributed by atoms with Crippen LogP contribution in [0.1, 0.15) is 24.9 Å². The van der Waals surface area contributed by atoms with Gasteiger partial charge in [-0.1, -0.05) is 24.6 Å². The molecule has 0 spiro atoms. The maximum absolute atomic E-state index is 13.0. The number of nitrogens with one attached hydrogen (secondary N) is 1. The molecule has 1 N–H and O–H groups in total. The molecule has 1 aliphatic heterocycles. The van der Waals surface area contributed by atoms with E-state index in [1.807, 2.05) is 6.07 Å². The third-order valence-electron chi connectivity index (χ3n) is 3.30. The summed E-state index contributed by atoms with van der Waals surface area (Å²) < 4.78 is 13.0. The highest BCUT2D eigenvalue weighted by molar-refractivity contribution is 6.31. The Kier molecular flexibility index (Phi) is 6.36. The van der Waals surface area contributed by atoms with Gasteiger partial charge in [0.1, 0.15) is 5.82 Å². The van der Waals surface area contributed by atoms with Crippen molar-refractivity contribution < 1.29 is 4.39 Å². The van der Waals surface area contributed by atoms with Gasteiger partial charge in [0.15, 0.2) is 0 Å². The van der Waals surface area contributed by atoms with Crippen molar-refractivity contribution in [2.75, 3.05) is 26.2 Å². The molecule has 0 aliphatic carbocycles. The topological polar surface area (TPSA) is 15.3 Å². The van der Waals surface area contributed by atoms with Gasteiger partial charge in [-0.2, -0.15) is 0 Å². The second-order valence-electron chi connectivity index (χ2n) is 4.38. The molecule has 1 saturated heterocycles. The van der Waals surface area contributed by atoms with Crippen LogP contribution in [0.3, 0.4) is 0 Å². The number of halogens is 3. The van der Waals surface area contributed by atoms with Crippen LogP contribution < -0.4 is 5.32 Å². The third kappa shape index (κ3) is 3.58. The summed E-state index contributed by atoms with van der Waals surface area (Å²) in [6, 6.07) is 5.01. The standard InChI is InChI=1S/C13H18ClFN2.ClH/c1-2-13(17-7-5-16-6-8-17)11-4-3-10(15)9-12(11)14;/h3-4,9,13,16H,2,5-8H2,1H3;1H/t13-;/m0./s1. The number of hydrogen-bond donors (Lipinski definition) is 1. The van der Waals surface area contributed by atoms with E-state index in [1.165, 1.54) is 12.1 Å². The quantitative estimate of drug-likeness (QED) is 0.920. The molecule has 2 nitrogen and oxygen atoms in total. The van der Waals surface area contributed by atoms with Crippen LogP contribution in [0.4, 0.5) is 4.39 Å². The van der Waals surface area contributed by atoms with E-state index >= 15 is 0 Å². The van der Waals surface area contributed by atoms with Crippen LogP contribution in [0.2, 0.25) is 5.02 Å². The van der Waals surface area contributed by atoms with Crippen LogP contribution in [0.25, 0.3) is 0 Å². The van der Waals surface area contributed by atoms with Gasteiger partial charge in [0.25, 0.3) is 0 Å². The fraction of sp³-hybridized carbons (Fsp3) is 0.538. The minimum Gasteiger partial charge on any atom is -0.314 e. The van der Waals surface area contributed by atoms with Crippen molar-refractivity contribution in [2.24, 2.45) is 0 Å². The first kappa shape index (κ1) is 15.7. The van der Waals surface area contributed by atoms with Crippen LogP contribution in [0, 0.1) is 5.82 Å². The average Bonchev–Trinajstić information content (AvgIpc) is 2.34. The summed E-state index contributed by atoms with van der Waals surface area (Å²) in [7, 11) is 0. The summed E-state index contributed by atoms with van der Waals surface area (Å²) in [4.78, 5) is 2.41. The molecule has 0 saturated carbocycles. The van der Waals surface area contributed by atoms with Gasteiger partial charge in [-0.05, 0) is 24.1 Å². The van der Waals surface area contributed by atoms with Crippen LogP contribution >= 0.6 is 24.0 Å². The normalized spacial score (nSPS) is 18.2. The van der Waals surface area contributed by atoms with Crippen molar-refractivity contribution in [2.45, 2.75) is 19.4 Å². The average molecular weight is 293 g/mol. The molecule has 1 aromatic rings. The zero-order valence-corrected chi connectivity index (χ0v) is 12.0. The minimum atomic E-state index is -0.270. The SMILES string of the molecule is CC[C@@H](c1ccc(F)cc1Cl)N1CCNCC1.Cl. The maximum atomic E-state index is 13.0. The number of nitrogens with zero attached hydrogens (tertiary/aromatic N) is 1. The van der Waals surface area contributed by atoms with Crippen LogP contribution in [-0.4, -0.2) is 31.1 Å². The van der Waals surface area contributed by atoms with Gasteiger partial charge in [-0.25, -0.2) is 4.39 Å². The summed E-state index contributed by atoms with van der Waals surface area (Å²) in [5.74, 6) is -0.270. The summed E-state index contributed by atoms with van der Waals surface area (Å²) >= 11 is 6.14. The first-order valence-corrected chi connectivity index (χ1v) is 6.50. The van der Waals surface area contributed by atoms with Gasteiger partial charge in [-0.15, -0.1) is 12.4 Å². The van der Waals surface area contributed by atoms with Gasteiger partial charge in [-0.3, -0.25) is 4.90 Å². The van der Waals surface area contributed by atoms with E-state index in [0.717, 1.165) is 38.2 Å². The molecule has 18 heavy (non-hydrogen) atoms. The van der Waals surface area contributed by atoms with Gasteiger partial charge in [0.05, 0.1) is 0 Å². The van der Waals surface area contributed by atoms with Crippen LogP contribution in [0.15, 0.2) is 18.2 Å². The molecule has 102 valence electrons. The van der Waals surface area contributed by atoms with E-state index in [4.69, 9.17) is 11.6 Å². The first-order chi connectivity index (χ1) is 8.22. The molecule has 5 heteroatoms. The molecular formula is C13H19Cl2FN2. The Hall–Kier alpha value is -0.350. The predicted octanol–water partition coefficient (Wildman–Crippen LogP) is 3.26. The molecule has 1 aromatic carbocycles. The highest BCUT2D eigenvalue weighted by Crippen LogP contribution is 2.30. The Bertz CT molecular complexity index is 381. The van der Waals surface area contributed by atoms with Crippen molar-refractivity contribution in [3.05, 3.63) is 34.6 Å². The smallest absolute Gasteiger partial charge is 0.124 e. The largest absolute Gasteiger partial charge is 0.314 e. The molecule has 0 radical (unpaired) electrons. The lowest BCUT2D eigenvalue weighted by Gasteiger charge is -2.35. The van der Waals surface area contributed by atoms with E-state index in [1.54, 1.807) is 0 Å². The summed E-state index contributed by atoms with van der Waals surface area (Å²) in [5, 5.41) is 3.87. The van der Waals surface area contributed by atoms with Crippen LogP contribution in [0.5, 0.6) is 0 Å². The number of benzene rings is 1. The fourth-order valence-electron chi connectivity index (χ4n) is 2.44. The van der Waals surface area contributed by atoms with E-state index in [-0.39, 0.29) is 18.2 Å². The first-order valence-electron chi connectivity index (χ1n) is 6.12. The lowest BCUT2D eigenvalue weighted by atomic mass is 10.0. The Morgan fingerprint density at radius 3 is 2.61 bits per heavy atom. The van der Waals surface area contributed by atoms with Gasteiger partial charge in [0, 0.05) is 37.2 Å². The monoisotopic (exact) mass is 292 g/mol. The Labute approximate surface area is 119 Å².